The molecule has 1 aromatic carbocycles. The molecule has 3 aromatic rings. The van der Waals surface area contributed by atoms with Crippen molar-refractivity contribution in [1.82, 2.24) is 24.6 Å². The Bertz CT molecular complexity index is 991. The Morgan fingerprint density at radius 2 is 1.96 bits per heavy atom. The number of rotatable bonds is 5. The fourth-order valence-corrected chi connectivity index (χ4v) is 3.12. The minimum absolute atomic E-state index is 0.0972. The van der Waals surface area contributed by atoms with Crippen molar-refractivity contribution >= 4 is 11.9 Å². The summed E-state index contributed by atoms with van der Waals surface area (Å²) in [4.78, 5) is 22.4. The molecule has 0 saturated carbocycles. The van der Waals surface area contributed by atoms with Gasteiger partial charge in [-0.05, 0) is 23.8 Å². The topological polar surface area (TPSA) is 75.9 Å². The van der Waals surface area contributed by atoms with Crippen molar-refractivity contribution in [3.05, 3.63) is 71.3 Å². The molecule has 0 atom stereocenters. The highest BCUT2D eigenvalue weighted by Crippen LogP contribution is 2.17. The van der Waals surface area contributed by atoms with Crippen LogP contribution in [-0.4, -0.2) is 37.1 Å². The molecule has 0 saturated heterocycles. The van der Waals surface area contributed by atoms with Gasteiger partial charge >= 0.3 is 0 Å². The maximum absolute atomic E-state index is 13.8. The van der Waals surface area contributed by atoms with Gasteiger partial charge in [-0.2, -0.15) is 5.10 Å². The molecule has 28 heavy (non-hydrogen) atoms. The van der Waals surface area contributed by atoms with E-state index in [1.54, 1.807) is 23.4 Å². The molecule has 2 aromatic heterocycles. The first-order valence-electron chi connectivity index (χ1n) is 8.87. The molecule has 1 N–H and O–H groups in total. The number of carbonyl (C=O) groups is 1. The van der Waals surface area contributed by atoms with E-state index in [4.69, 9.17) is 0 Å². The van der Waals surface area contributed by atoms with Crippen molar-refractivity contribution in [1.29, 1.82) is 0 Å². The quantitative estimate of drug-likeness (QED) is 0.730. The van der Waals surface area contributed by atoms with Crippen molar-refractivity contribution in [2.75, 3.05) is 11.9 Å². The fourth-order valence-electron chi connectivity index (χ4n) is 3.12. The average Bonchev–Trinajstić information content (AvgIpc) is 3.11. The van der Waals surface area contributed by atoms with E-state index in [0.717, 1.165) is 23.5 Å². The highest BCUT2D eigenvalue weighted by molar-refractivity contribution is 5.78. The molecule has 3 heterocycles. The summed E-state index contributed by atoms with van der Waals surface area (Å²) in [6.45, 7) is 1.93. The monoisotopic (exact) mass is 384 g/mol. The summed E-state index contributed by atoms with van der Waals surface area (Å²) in [5, 5.41) is 7.62. The number of fused-ring (bicyclic) bond motifs is 1. The maximum atomic E-state index is 13.8. The van der Waals surface area contributed by atoms with Gasteiger partial charge < -0.3 is 10.2 Å². The third kappa shape index (κ3) is 3.98. The summed E-state index contributed by atoms with van der Waals surface area (Å²) in [5.41, 5.74) is 1.92. The highest BCUT2D eigenvalue weighted by Gasteiger charge is 2.23. The van der Waals surface area contributed by atoms with Crippen LogP contribution in [0.1, 0.15) is 17.0 Å². The summed E-state index contributed by atoms with van der Waals surface area (Å²) < 4.78 is 28.7. The number of anilines is 1. The largest absolute Gasteiger partial charge is 0.348 e. The van der Waals surface area contributed by atoms with Gasteiger partial charge in [0, 0.05) is 25.0 Å². The van der Waals surface area contributed by atoms with Crippen molar-refractivity contribution in [3.8, 4) is 0 Å². The van der Waals surface area contributed by atoms with E-state index in [2.05, 4.69) is 20.4 Å². The van der Waals surface area contributed by atoms with Crippen LogP contribution >= 0.6 is 0 Å². The molecule has 1 aliphatic heterocycles. The van der Waals surface area contributed by atoms with Crippen LogP contribution in [0.5, 0.6) is 0 Å². The van der Waals surface area contributed by atoms with Gasteiger partial charge in [-0.3, -0.25) is 9.48 Å². The second-order valence-corrected chi connectivity index (χ2v) is 6.50. The van der Waals surface area contributed by atoms with Crippen molar-refractivity contribution in [3.63, 3.8) is 0 Å². The summed E-state index contributed by atoms with van der Waals surface area (Å²) in [6, 6.07) is 6.93. The molecule has 9 heteroatoms. The molecule has 0 bridgehead atoms. The molecule has 1 amide bonds. The third-order valence-corrected chi connectivity index (χ3v) is 4.55. The summed E-state index contributed by atoms with van der Waals surface area (Å²) >= 11 is 0. The number of amides is 1. The van der Waals surface area contributed by atoms with E-state index in [1.165, 1.54) is 6.07 Å². The predicted octanol–water partition coefficient (Wildman–Crippen LogP) is 2.15. The Morgan fingerprint density at radius 3 is 2.75 bits per heavy atom. The first-order chi connectivity index (χ1) is 13.6. The lowest BCUT2D eigenvalue weighted by Gasteiger charge is -2.27. The second kappa shape index (κ2) is 7.71. The lowest BCUT2D eigenvalue weighted by Crippen LogP contribution is -2.39. The van der Waals surface area contributed by atoms with Crippen molar-refractivity contribution < 1.29 is 13.6 Å². The molecule has 0 spiro atoms. The van der Waals surface area contributed by atoms with Gasteiger partial charge in [0.25, 0.3) is 0 Å². The summed E-state index contributed by atoms with van der Waals surface area (Å²) in [5.74, 6) is -1.04. The van der Waals surface area contributed by atoms with E-state index in [9.17, 15) is 13.6 Å². The Labute approximate surface area is 160 Å². The van der Waals surface area contributed by atoms with Gasteiger partial charge in [0.1, 0.15) is 11.6 Å². The Hall–Kier alpha value is -3.36. The van der Waals surface area contributed by atoms with Gasteiger partial charge in [-0.25, -0.2) is 18.7 Å². The predicted molar refractivity (Wildman–Crippen MR) is 97.1 cm³/mol. The number of carbonyl (C=O) groups excluding carboxylic acids is 1. The Balaban J connectivity index is 1.39. The van der Waals surface area contributed by atoms with Crippen LogP contribution in [0.3, 0.4) is 0 Å². The lowest BCUT2D eigenvalue weighted by molar-refractivity contribution is -0.132. The number of benzene rings is 1. The minimum atomic E-state index is -0.702. The number of nitrogens with one attached hydrogen (secondary N) is 1. The Kier molecular flexibility index (Phi) is 4.96. The third-order valence-electron chi connectivity index (χ3n) is 4.55. The maximum Gasteiger partial charge on any atom is 0.227 e. The molecule has 1 aliphatic rings. The van der Waals surface area contributed by atoms with Crippen LogP contribution in [0.25, 0.3) is 0 Å². The number of aromatic nitrogens is 4. The molecule has 0 fully saturated rings. The fraction of sp³-hybridized carbons (Fsp3) is 0.263. The summed E-state index contributed by atoms with van der Waals surface area (Å²) in [6.07, 6.45) is 3.21. The van der Waals surface area contributed by atoms with Gasteiger partial charge in [-0.15, -0.1) is 0 Å². The van der Waals surface area contributed by atoms with E-state index in [1.807, 2.05) is 10.7 Å². The zero-order chi connectivity index (χ0) is 19.5. The molecule has 4 rings (SSSR count). The van der Waals surface area contributed by atoms with Gasteiger partial charge in [0.15, 0.2) is 0 Å². The van der Waals surface area contributed by atoms with E-state index in [-0.39, 0.29) is 17.9 Å². The van der Waals surface area contributed by atoms with Crippen molar-refractivity contribution in [2.45, 2.75) is 26.1 Å². The van der Waals surface area contributed by atoms with E-state index in [0.29, 0.717) is 32.1 Å². The van der Waals surface area contributed by atoms with Crippen LogP contribution < -0.4 is 5.32 Å². The molecule has 0 radical (unpaired) electrons. The van der Waals surface area contributed by atoms with Crippen LogP contribution in [0, 0.1) is 11.6 Å². The van der Waals surface area contributed by atoms with Gasteiger partial charge in [0.05, 0.1) is 37.4 Å². The first-order valence-corrected chi connectivity index (χ1v) is 8.87. The van der Waals surface area contributed by atoms with Gasteiger partial charge in [-0.1, -0.05) is 6.07 Å². The number of halogens is 2. The first kappa shape index (κ1) is 18.0. The Morgan fingerprint density at radius 1 is 1.14 bits per heavy atom. The SMILES string of the molecule is O=C(Cc1ccc(F)cc1F)N1CCn2nc(CNc3ncccn3)cc2C1. The number of nitrogens with zero attached hydrogens (tertiary/aromatic N) is 5. The van der Waals surface area contributed by atoms with Crippen LogP contribution in [0.15, 0.2) is 42.7 Å². The molecule has 0 aliphatic carbocycles. The van der Waals surface area contributed by atoms with Crippen molar-refractivity contribution in [2.24, 2.45) is 0 Å². The van der Waals surface area contributed by atoms with E-state index < -0.39 is 11.6 Å². The van der Waals surface area contributed by atoms with Gasteiger partial charge in [0.2, 0.25) is 11.9 Å². The smallest absolute Gasteiger partial charge is 0.227 e. The lowest BCUT2D eigenvalue weighted by atomic mass is 10.1. The summed E-state index contributed by atoms with van der Waals surface area (Å²) in [7, 11) is 0. The van der Waals surface area contributed by atoms with Crippen LogP contribution in [0.2, 0.25) is 0 Å². The molecule has 144 valence electrons. The molecular weight excluding hydrogens is 366 g/mol. The zero-order valence-electron chi connectivity index (χ0n) is 15.0. The second-order valence-electron chi connectivity index (χ2n) is 6.50. The molecule has 7 nitrogen and oxygen atoms in total. The normalized spacial score (nSPS) is 13.3. The zero-order valence-corrected chi connectivity index (χ0v) is 15.0. The highest BCUT2D eigenvalue weighted by atomic mass is 19.1. The van der Waals surface area contributed by atoms with E-state index >= 15 is 0 Å². The molecular formula is C19H18F2N6O. The minimum Gasteiger partial charge on any atom is -0.348 e. The number of hydrogen-bond acceptors (Lipinski definition) is 5. The van der Waals surface area contributed by atoms with Crippen LogP contribution in [0.4, 0.5) is 14.7 Å². The molecule has 0 unspecified atom stereocenters. The number of hydrogen-bond donors (Lipinski definition) is 1. The standard InChI is InChI=1S/C19H18F2N6O/c20-14-3-2-13(17(21)9-14)8-18(28)26-6-7-27-16(12-26)10-15(25-27)11-24-19-22-4-1-5-23-19/h1-5,9-10H,6-8,11-12H2,(H,22,23,24). The van der Waals surface area contributed by atoms with Crippen LogP contribution in [-0.2, 0) is 30.8 Å². The average molecular weight is 384 g/mol.